The van der Waals surface area contributed by atoms with Crippen molar-refractivity contribution in [3.8, 4) is 0 Å². The number of carbonyl (C=O) groups is 2. The van der Waals surface area contributed by atoms with Crippen molar-refractivity contribution in [1.82, 2.24) is 0 Å². The Morgan fingerprint density at radius 3 is 2.15 bits per heavy atom. The number of rotatable bonds is 6. The third kappa shape index (κ3) is 4.47. The van der Waals surface area contributed by atoms with Gasteiger partial charge in [-0.15, -0.1) is 0 Å². The average Bonchev–Trinajstić information content (AvgIpc) is 3.26. The Labute approximate surface area is 120 Å². The predicted molar refractivity (Wildman–Crippen MR) is 71.9 cm³/mol. The summed E-state index contributed by atoms with van der Waals surface area (Å²) in [5, 5.41) is 0. The van der Waals surface area contributed by atoms with Crippen molar-refractivity contribution in [2.24, 2.45) is 17.8 Å². The van der Waals surface area contributed by atoms with Crippen molar-refractivity contribution in [2.45, 2.75) is 45.6 Å². The monoisotopic (exact) mass is 284 g/mol. The topological polar surface area (TPSA) is 65.1 Å². The summed E-state index contributed by atoms with van der Waals surface area (Å²) >= 11 is 0. The van der Waals surface area contributed by atoms with E-state index in [0.717, 1.165) is 19.3 Å². The Morgan fingerprint density at radius 2 is 1.65 bits per heavy atom. The van der Waals surface area contributed by atoms with Crippen LogP contribution in [0.2, 0.25) is 0 Å². The largest absolute Gasteiger partial charge is 0.465 e. The highest BCUT2D eigenvalue weighted by Gasteiger charge is 2.38. The molecule has 1 heterocycles. The molecule has 20 heavy (non-hydrogen) atoms. The first-order chi connectivity index (χ1) is 9.58. The van der Waals surface area contributed by atoms with Crippen LogP contribution in [0.15, 0.2) is 0 Å². The van der Waals surface area contributed by atoms with E-state index in [1.165, 1.54) is 0 Å². The lowest BCUT2D eigenvalue weighted by atomic mass is 9.79. The fraction of sp³-hybridized carbons (Fsp3) is 0.867. The molecule has 2 fully saturated rings. The summed E-state index contributed by atoms with van der Waals surface area (Å²) in [7, 11) is 0. The van der Waals surface area contributed by atoms with Gasteiger partial charge in [0.25, 0.3) is 0 Å². The lowest BCUT2D eigenvalue weighted by Gasteiger charge is -2.28. The first-order valence-corrected chi connectivity index (χ1v) is 7.52. The van der Waals surface area contributed by atoms with Gasteiger partial charge in [0.2, 0.25) is 0 Å². The van der Waals surface area contributed by atoms with Crippen LogP contribution in [0, 0.1) is 17.8 Å². The molecule has 0 spiro atoms. The van der Waals surface area contributed by atoms with Crippen LogP contribution >= 0.6 is 0 Å². The second kappa shape index (κ2) is 7.07. The van der Waals surface area contributed by atoms with Gasteiger partial charge in [-0.1, -0.05) is 26.7 Å². The quantitative estimate of drug-likeness (QED) is 0.551. The van der Waals surface area contributed by atoms with E-state index in [0.29, 0.717) is 32.2 Å². The summed E-state index contributed by atoms with van der Waals surface area (Å²) in [5.41, 5.74) is 0. The van der Waals surface area contributed by atoms with E-state index in [9.17, 15) is 9.59 Å². The molecular weight excluding hydrogens is 260 g/mol. The smallest absolute Gasteiger partial charge is 0.309 e. The van der Waals surface area contributed by atoms with E-state index in [-0.39, 0.29) is 29.9 Å². The molecule has 0 amide bonds. The van der Waals surface area contributed by atoms with Gasteiger partial charge in [0.15, 0.2) is 0 Å². The summed E-state index contributed by atoms with van der Waals surface area (Å²) in [4.78, 5) is 24.2. The number of hydrogen-bond donors (Lipinski definition) is 0. The number of esters is 2. The Kier molecular flexibility index (Phi) is 5.40. The molecule has 1 aliphatic carbocycles. The van der Waals surface area contributed by atoms with Gasteiger partial charge in [0, 0.05) is 0 Å². The zero-order chi connectivity index (χ0) is 14.5. The molecule has 0 bridgehead atoms. The molecule has 0 radical (unpaired) electrons. The van der Waals surface area contributed by atoms with Gasteiger partial charge >= 0.3 is 11.9 Å². The molecule has 3 atom stereocenters. The van der Waals surface area contributed by atoms with Crippen molar-refractivity contribution >= 4 is 11.9 Å². The van der Waals surface area contributed by atoms with Crippen LogP contribution in [-0.4, -0.2) is 37.9 Å². The molecule has 5 nitrogen and oxygen atoms in total. The van der Waals surface area contributed by atoms with Crippen LogP contribution < -0.4 is 0 Å². The summed E-state index contributed by atoms with van der Waals surface area (Å²) in [5.74, 6) is -0.896. The molecule has 1 aliphatic heterocycles. The third-order valence-corrected chi connectivity index (χ3v) is 3.74. The van der Waals surface area contributed by atoms with Gasteiger partial charge < -0.3 is 14.2 Å². The second-order valence-corrected chi connectivity index (χ2v) is 6.11. The molecule has 1 saturated carbocycles. The number of hydrogen-bond acceptors (Lipinski definition) is 5. The zero-order valence-corrected chi connectivity index (χ0v) is 12.3. The minimum Gasteiger partial charge on any atom is -0.465 e. The molecular formula is C15H24O5. The predicted octanol–water partition coefficient (Wildman–Crippen LogP) is 1.93. The van der Waals surface area contributed by atoms with Crippen molar-refractivity contribution in [1.29, 1.82) is 0 Å². The zero-order valence-electron chi connectivity index (χ0n) is 12.3. The lowest BCUT2D eigenvalue weighted by molar-refractivity contribution is -0.163. The van der Waals surface area contributed by atoms with E-state index in [4.69, 9.17) is 14.2 Å². The van der Waals surface area contributed by atoms with E-state index < -0.39 is 0 Å². The van der Waals surface area contributed by atoms with E-state index in [1.54, 1.807) is 0 Å². The fourth-order valence-electron chi connectivity index (χ4n) is 2.50. The summed E-state index contributed by atoms with van der Waals surface area (Å²) in [6.07, 6.45) is 3.43. The maximum atomic E-state index is 12.1. The molecule has 0 aromatic carbocycles. The van der Waals surface area contributed by atoms with Crippen molar-refractivity contribution < 1.29 is 23.8 Å². The highest BCUT2D eigenvalue weighted by Crippen LogP contribution is 2.32. The molecule has 1 saturated heterocycles. The maximum absolute atomic E-state index is 12.1. The van der Waals surface area contributed by atoms with Crippen LogP contribution in [0.5, 0.6) is 0 Å². The third-order valence-electron chi connectivity index (χ3n) is 3.74. The normalized spacial score (nSPS) is 29.1. The molecule has 0 N–H and O–H groups in total. The Morgan fingerprint density at radius 1 is 1.10 bits per heavy atom. The highest BCUT2D eigenvalue weighted by molar-refractivity contribution is 5.82. The van der Waals surface area contributed by atoms with Crippen molar-refractivity contribution in [3.05, 3.63) is 0 Å². The molecule has 2 rings (SSSR count). The van der Waals surface area contributed by atoms with Crippen LogP contribution in [0.1, 0.15) is 39.5 Å². The van der Waals surface area contributed by atoms with Crippen LogP contribution in [0.4, 0.5) is 0 Å². The summed E-state index contributed by atoms with van der Waals surface area (Å²) in [6.45, 7) is 5.37. The lowest BCUT2D eigenvalue weighted by Crippen LogP contribution is -2.35. The minimum absolute atomic E-state index is 0.0638. The maximum Gasteiger partial charge on any atom is 0.309 e. The standard InChI is InChI=1S/C15H24O5/c1-10(2)7-19-14(16)12-5-3-4-6-13(12)15(17)20-9-11-8-18-11/h10-13H,3-9H2,1-2H3. The summed E-state index contributed by atoms with van der Waals surface area (Å²) in [6, 6.07) is 0. The summed E-state index contributed by atoms with van der Waals surface area (Å²) < 4.78 is 15.5. The van der Waals surface area contributed by atoms with Crippen LogP contribution in [0.25, 0.3) is 0 Å². The van der Waals surface area contributed by atoms with Crippen molar-refractivity contribution in [3.63, 3.8) is 0 Å². The van der Waals surface area contributed by atoms with Crippen LogP contribution in [-0.2, 0) is 23.8 Å². The second-order valence-electron chi connectivity index (χ2n) is 6.11. The number of epoxide rings is 1. The van der Waals surface area contributed by atoms with Gasteiger partial charge in [-0.25, -0.2) is 0 Å². The molecule has 0 aromatic heterocycles. The number of carbonyl (C=O) groups excluding carboxylic acids is 2. The minimum atomic E-state index is -0.345. The first kappa shape index (κ1) is 15.3. The Balaban J connectivity index is 1.85. The van der Waals surface area contributed by atoms with Gasteiger partial charge in [-0.05, 0) is 18.8 Å². The first-order valence-electron chi connectivity index (χ1n) is 7.52. The average molecular weight is 284 g/mol. The molecule has 2 aliphatic rings. The molecule has 0 aromatic rings. The number of ether oxygens (including phenoxy) is 3. The molecule has 3 unspecified atom stereocenters. The van der Waals surface area contributed by atoms with E-state index in [2.05, 4.69) is 0 Å². The van der Waals surface area contributed by atoms with Crippen molar-refractivity contribution in [2.75, 3.05) is 19.8 Å². The van der Waals surface area contributed by atoms with Gasteiger partial charge in [0.05, 0.1) is 25.0 Å². The Hall–Kier alpha value is -1.10. The van der Waals surface area contributed by atoms with Gasteiger partial charge in [-0.3, -0.25) is 9.59 Å². The van der Waals surface area contributed by atoms with E-state index in [1.807, 2.05) is 13.8 Å². The highest BCUT2D eigenvalue weighted by atomic mass is 16.6. The Bertz CT molecular complexity index is 322. The van der Waals surface area contributed by atoms with E-state index >= 15 is 0 Å². The van der Waals surface area contributed by atoms with Crippen LogP contribution in [0.3, 0.4) is 0 Å². The molecule has 114 valence electrons. The van der Waals surface area contributed by atoms with Gasteiger partial charge in [-0.2, -0.15) is 0 Å². The molecule has 5 heteroatoms. The SMILES string of the molecule is CC(C)COC(=O)C1CCCCC1C(=O)OCC1CO1. The van der Waals surface area contributed by atoms with Gasteiger partial charge in [0.1, 0.15) is 12.7 Å². The fourth-order valence-corrected chi connectivity index (χ4v) is 2.50.